The van der Waals surface area contributed by atoms with Gasteiger partial charge in [-0.05, 0) is 27.7 Å². The third kappa shape index (κ3) is 5.60. The molecule has 0 saturated carbocycles. The summed E-state index contributed by atoms with van der Waals surface area (Å²) in [5.74, 6) is 5.58. The summed E-state index contributed by atoms with van der Waals surface area (Å²) in [4.78, 5) is 13.2. The summed E-state index contributed by atoms with van der Waals surface area (Å²) in [6.45, 7) is 9.05. The Morgan fingerprint density at radius 1 is 1.50 bits per heavy atom. The van der Waals surface area contributed by atoms with Crippen LogP contribution in [0.1, 0.15) is 27.7 Å². The van der Waals surface area contributed by atoms with Gasteiger partial charge in [-0.2, -0.15) is 0 Å². The second-order valence-electron chi connectivity index (χ2n) is 3.23. The van der Waals surface area contributed by atoms with Gasteiger partial charge >= 0.3 is 5.97 Å². The van der Waals surface area contributed by atoms with Gasteiger partial charge in [-0.3, -0.25) is 9.69 Å². The van der Waals surface area contributed by atoms with E-state index in [0.717, 1.165) is 0 Å². The van der Waals surface area contributed by atoms with E-state index in [1.165, 1.54) is 0 Å². The smallest absolute Gasteiger partial charge is 0.320 e. The van der Waals surface area contributed by atoms with Crippen LogP contribution >= 0.6 is 0 Å². The highest BCUT2D eigenvalue weighted by atomic mass is 16.5. The first-order chi connectivity index (χ1) is 6.61. The second kappa shape index (κ2) is 7.40. The van der Waals surface area contributed by atoms with E-state index in [4.69, 9.17) is 4.74 Å². The fourth-order valence-corrected chi connectivity index (χ4v) is 0.974. The minimum atomic E-state index is -0.181. The molecule has 3 heteroatoms. The third-order valence-electron chi connectivity index (χ3n) is 1.83. The zero-order valence-corrected chi connectivity index (χ0v) is 9.46. The van der Waals surface area contributed by atoms with Gasteiger partial charge in [-0.15, -0.1) is 5.92 Å². The molecule has 0 heterocycles. The van der Waals surface area contributed by atoms with Crippen LogP contribution in [0.2, 0.25) is 0 Å². The maximum Gasteiger partial charge on any atom is 0.320 e. The molecule has 0 aliphatic heterocycles. The fraction of sp³-hybridized carbons (Fsp3) is 0.727. The van der Waals surface area contributed by atoms with Gasteiger partial charge in [0.15, 0.2) is 0 Å². The van der Waals surface area contributed by atoms with Crippen LogP contribution < -0.4 is 0 Å². The molecular formula is C11H19NO2. The molecule has 0 radical (unpaired) electrons. The van der Waals surface area contributed by atoms with Crippen molar-refractivity contribution >= 4 is 5.97 Å². The Morgan fingerprint density at radius 3 is 2.57 bits per heavy atom. The standard InChI is InChI=1S/C11H19NO2/c1-5-7-8-12(10(3)4)9-11(13)14-6-2/h10H,6,8-9H2,1-4H3. The summed E-state index contributed by atoms with van der Waals surface area (Å²) >= 11 is 0. The number of rotatable bonds is 5. The Morgan fingerprint density at radius 2 is 2.14 bits per heavy atom. The van der Waals surface area contributed by atoms with Crippen LogP contribution in [0.3, 0.4) is 0 Å². The van der Waals surface area contributed by atoms with Crippen LogP contribution in [-0.2, 0) is 9.53 Å². The molecule has 3 nitrogen and oxygen atoms in total. The molecule has 0 N–H and O–H groups in total. The van der Waals surface area contributed by atoms with E-state index in [2.05, 4.69) is 11.8 Å². The molecule has 0 fully saturated rings. The molecule has 0 unspecified atom stereocenters. The summed E-state index contributed by atoms with van der Waals surface area (Å²) in [6, 6.07) is 0.306. The fourth-order valence-electron chi connectivity index (χ4n) is 0.974. The molecule has 0 aromatic carbocycles. The van der Waals surface area contributed by atoms with Gasteiger partial charge in [0.2, 0.25) is 0 Å². The topological polar surface area (TPSA) is 29.5 Å². The van der Waals surface area contributed by atoms with Gasteiger partial charge in [0.1, 0.15) is 0 Å². The second-order valence-corrected chi connectivity index (χ2v) is 3.23. The molecule has 0 bridgehead atoms. The van der Waals surface area contributed by atoms with Crippen LogP contribution in [0.5, 0.6) is 0 Å². The SMILES string of the molecule is CC#CCN(CC(=O)OCC)C(C)C. The van der Waals surface area contributed by atoms with Gasteiger partial charge in [0, 0.05) is 6.04 Å². The van der Waals surface area contributed by atoms with Crippen molar-refractivity contribution in [1.82, 2.24) is 4.90 Å². The lowest BCUT2D eigenvalue weighted by Gasteiger charge is -2.22. The van der Waals surface area contributed by atoms with E-state index in [1.807, 2.05) is 25.7 Å². The molecule has 0 aromatic heterocycles. The van der Waals surface area contributed by atoms with Crippen LogP contribution in [-0.4, -0.2) is 36.6 Å². The lowest BCUT2D eigenvalue weighted by Crippen LogP contribution is -2.36. The largest absolute Gasteiger partial charge is 0.465 e. The lowest BCUT2D eigenvalue weighted by molar-refractivity contribution is -0.144. The first-order valence-corrected chi connectivity index (χ1v) is 4.91. The van der Waals surface area contributed by atoms with E-state index >= 15 is 0 Å². The van der Waals surface area contributed by atoms with Crippen molar-refractivity contribution in [2.75, 3.05) is 19.7 Å². The first kappa shape index (κ1) is 13.0. The van der Waals surface area contributed by atoms with Crippen LogP contribution in [0.4, 0.5) is 0 Å². The normalized spacial score (nSPS) is 9.86. The summed E-state index contributed by atoms with van der Waals surface area (Å²) in [5, 5.41) is 0. The Kier molecular flexibility index (Phi) is 6.87. The van der Waals surface area contributed by atoms with Crippen molar-refractivity contribution in [2.45, 2.75) is 33.7 Å². The average Bonchev–Trinajstić information content (AvgIpc) is 2.12. The van der Waals surface area contributed by atoms with E-state index in [9.17, 15) is 4.79 Å². The lowest BCUT2D eigenvalue weighted by atomic mass is 10.3. The Labute approximate surface area is 86.4 Å². The molecule has 0 amide bonds. The first-order valence-electron chi connectivity index (χ1n) is 4.91. The molecule has 0 saturated heterocycles. The molecular weight excluding hydrogens is 178 g/mol. The van der Waals surface area contributed by atoms with Crippen molar-refractivity contribution in [3.63, 3.8) is 0 Å². The Hall–Kier alpha value is -1.01. The van der Waals surface area contributed by atoms with Crippen LogP contribution in [0.25, 0.3) is 0 Å². The number of hydrogen-bond acceptors (Lipinski definition) is 3. The van der Waals surface area contributed by atoms with Gasteiger partial charge in [0.05, 0.1) is 19.7 Å². The zero-order valence-electron chi connectivity index (χ0n) is 9.46. The summed E-state index contributed by atoms with van der Waals surface area (Å²) in [5.41, 5.74) is 0. The number of ether oxygens (including phenoxy) is 1. The predicted octanol–water partition coefficient (Wildman–Crippen LogP) is 1.28. The number of esters is 1. The van der Waals surface area contributed by atoms with Gasteiger partial charge in [-0.25, -0.2) is 0 Å². The van der Waals surface area contributed by atoms with Gasteiger partial charge in [-0.1, -0.05) is 5.92 Å². The van der Waals surface area contributed by atoms with Gasteiger partial charge in [0.25, 0.3) is 0 Å². The molecule has 0 aromatic rings. The summed E-state index contributed by atoms with van der Waals surface area (Å²) < 4.78 is 4.87. The van der Waals surface area contributed by atoms with Crippen LogP contribution in [0, 0.1) is 11.8 Å². The zero-order chi connectivity index (χ0) is 11.0. The minimum Gasteiger partial charge on any atom is -0.465 e. The van der Waals surface area contributed by atoms with Crippen molar-refractivity contribution in [2.24, 2.45) is 0 Å². The maximum atomic E-state index is 11.2. The monoisotopic (exact) mass is 197 g/mol. The highest BCUT2D eigenvalue weighted by Gasteiger charge is 2.13. The molecule has 0 aliphatic carbocycles. The van der Waals surface area contributed by atoms with E-state index in [0.29, 0.717) is 25.7 Å². The molecule has 0 spiro atoms. The number of carbonyl (C=O) groups is 1. The van der Waals surface area contributed by atoms with E-state index < -0.39 is 0 Å². The van der Waals surface area contributed by atoms with Crippen molar-refractivity contribution in [3.05, 3.63) is 0 Å². The number of nitrogens with zero attached hydrogens (tertiary/aromatic N) is 1. The minimum absolute atomic E-state index is 0.181. The molecule has 0 aliphatic rings. The quantitative estimate of drug-likeness (QED) is 0.491. The molecule has 14 heavy (non-hydrogen) atoms. The van der Waals surface area contributed by atoms with E-state index in [1.54, 1.807) is 6.92 Å². The maximum absolute atomic E-state index is 11.2. The highest BCUT2D eigenvalue weighted by Crippen LogP contribution is 1.97. The number of hydrogen-bond donors (Lipinski definition) is 0. The van der Waals surface area contributed by atoms with Crippen molar-refractivity contribution in [1.29, 1.82) is 0 Å². The van der Waals surface area contributed by atoms with Gasteiger partial charge < -0.3 is 4.74 Å². The molecule has 0 atom stereocenters. The highest BCUT2D eigenvalue weighted by molar-refractivity contribution is 5.71. The van der Waals surface area contributed by atoms with Crippen molar-refractivity contribution < 1.29 is 9.53 Å². The predicted molar refractivity (Wildman–Crippen MR) is 56.8 cm³/mol. The third-order valence-corrected chi connectivity index (χ3v) is 1.83. The van der Waals surface area contributed by atoms with Crippen molar-refractivity contribution in [3.8, 4) is 11.8 Å². The Balaban J connectivity index is 4.06. The number of carbonyl (C=O) groups excluding carboxylic acids is 1. The summed E-state index contributed by atoms with van der Waals surface area (Å²) in [6.07, 6.45) is 0. The Bertz CT molecular complexity index is 225. The summed E-state index contributed by atoms with van der Waals surface area (Å²) in [7, 11) is 0. The van der Waals surface area contributed by atoms with E-state index in [-0.39, 0.29) is 5.97 Å². The van der Waals surface area contributed by atoms with Crippen LogP contribution in [0.15, 0.2) is 0 Å². The average molecular weight is 197 g/mol. The molecule has 0 rings (SSSR count). The molecule has 80 valence electrons.